The van der Waals surface area contributed by atoms with E-state index < -0.39 is 0 Å². The Balaban J connectivity index is 2.27. The van der Waals surface area contributed by atoms with Gasteiger partial charge in [0.15, 0.2) is 0 Å². The van der Waals surface area contributed by atoms with Crippen LogP contribution in [0.2, 0.25) is 0 Å². The first-order valence-corrected chi connectivity index (χ1v) is 7.25. The van der Waals surface area contributed by atoms with Gasteiger partial charge in [-0.1, -0.05) is 26.0 Å². The second-order valence-corrected chi connectivity index (χ2v) is 5.59. The standard InChI is InChI=1S/C18H19N3O/c1-12(2)16(17-13(3)6-5-9-20-17)21-18(22)15-8-4-7-14(10-15)11-19/h4-10,12,16H,1-3H3,(H,21,22). The van der Waals surface area contributed by atoms with Gasteiger partial charge >= 0.3 is 0 Å². The van der Waals surface area contributed by atoms with E-state index in [1.54, 1.807) is 30.5 Å². The molecule has 0 aliphatic heterocycles. The number of nitrogens with zero attached hydrogens (tertiary/aromatic N) is 2. The molecule has 0 spiro atoms. The van der Waals surface area contributed by atoms with Crippen LogP contribution in [0.5, 0.6) is 0 Å². The zero-order chi connectivity index (χ0) is 16.1. The molecule has 2 rings (SSSR count). The quantitative estimate of drug-likeness (QED) is 0.939. The molecule has 0 bridgehead atoms. The van der Waals surface area contributed by atoms with E-state index in [1.807, 2.05) is 39.0 Å². The molecule has 22 heavy (non-hydrogen) atoms. The van der Waals surface area contributed by atoms with Gasteiger partial charge in [0, 0.05) is 11.8 Å². The van der Waals surface area contributed by atoms with E-state index in [2.05, 4.69) is 10.3 Å². The molecule has 1 aromatic carbocycles. The average molecular weight is 293 g/mol. The summed E-state index contributed by atoms with van der Waals surface area (Å²) in [5.74, 6) is 0.0116. The molecule has 0 aliphatic rings. The fraction of sp³-hybridized carbons (Fsp3) is 0.278. The van der Waals surface area contributed by atoms with Gasteiger partial charge in [0.05, 0.1) is 23.4 Å². The highest BCUT2D eigenvalue weighted by Gasteiger charge is 2.21. The molecule has 1 heterocycles. The molecule has 112 valence electrons. The monoisotopic (exact) mass is 293 g/mol. The van der Waals surface area contributed by atoms with Crippen LogP contribution >= 0.6 is 0 Å². The Labute approximate surface area is 130 Å². The van der Waals surface area contributed by atoms with Gasteiger partial charge < -0.3 is 5.32 Å². The van der Waals surface area contributed by atoms with Crippen molar-refractivity contribution in [1.82, 2.24) is 10.3 Å². The molecule has 4 nitrogen and oxygen atoms in total. The van der Waals surface area contributed by atoms with Crippen molar-refractivity contribution in [3.8, 4) is 6.07 Å². The lowest BCUT2D eigenvalue weighted by atomic mass is 9.96. The Morgan fingerprint density at radius 3 is 2.68 bits per heavy atom. The lowest BCUT2D eigenvalue weighted by Gasteiger charge is -2.23. The van der Waals surface area contributed by atoms with Gasteiger partial charge in [0.1, 0.15) is 0 Å². The van der Waals surface area contributed by atoms with Crippen LogP contribution in [0.25, 0.3) is 0 Å². The van der Waals surface area contributed by atoms with Crippen LogP contribution in [-0.2, 0) is 0 Å². The summed E-state index contributed by atoms with van der Waals surface area (Å²) >= 11 is 0. The topological polar surface area (TPSA) is 65.8 Å². The smallest absolute Gasteiger partial charge is 0.251 e. The van der Waals surface area contributed by atoms with Crippen molar-refractivity contribution in [2.45, 2.75) is 26.8 Å². The molecule has 0 saturated heterocycles. The number of aryl methyl sites for hydroxylation is 1. The first-order chi connectivity index (χ1) is 10.5. The van der Waals surface area contributed by atoms with Crippen LogP contribution < -0.4 is 5.32 Å². The minimum Gasteiger partial charge on any atom is -0.343 e. The van der Waals surface area contributed by atoms with Gasteiger partial charge in [-0.3, -0.25) is 9.78 Å². The maximum atomic E-state index is 12.5. The minimum atomic E-state index is -0.194. The number of rotatable bonds is 4. The van der Waals surface area contributed by atoms with E-state index in [0.717, 1.165) is 11.3 Å². The summed E-state index contributed by atoms with van der Waals surface area (Å²) < 4.78 is 0. The highest BCUT2D eigenvalue weighted by atomic mass is 16.1. The largest absolute Gasteiger partial charge is 0.343 e. The molecular weight excluding hydrogens is 274 g/mol. The lowest BCUT2D eigenvalue weighted by Crippen LogP contribution is -2.32. The van der Waals surface area contributed by atoms with E-state index in [4.69, 9.17) is 5.26 Å². The molecule has 4 heteroatoms. The molecule has 2 aromatic rings. The molecule has 0 radical (unpaired) electrons. The SMILES string of the molecule is Cc1cccnc1C(NC(=O)c1cccc(C#N)c1)C(C)C. The first-order valence-electron chi connectivity index (χ1n) is 7.25. The van der Waals surface area contributed by atoms with Crippen LogP contribution in [0.3, 0.4) is 0 Å². The third kappa shape index (κ3) is 3.50. The van der Waals surface area contributed by atoms with Crippen LogP contribution in [0.1, 0.15) is 47.1 Å². The van der Waals surface area contributed by atoms with E-state index in [0.29, 0.717) is 11.1 Å². The number of carbonyl (C=O) groups excluding carboxylic acids is 1. The molecule has 0 saturated carbocycles. The zero-order valence-corrected chi connectivity index (χ0v) is 13.0. The molecule has 1 amide bonds. The van der Waals surface area contributed by atoms with Crippen molar-refractivity contribution in [1.29, 1.82) is 5.26 Å². The molecule has 0 fully saturated rings. The Bertz CT molecular complexity index is 716. The summed E-state index contributed by atoms with van der Waals surface area (Å²) in [4.78, 5) is 16.9. The van der Waals surface area contributed by atoms with Crippen molar-refractivity contribution < 1.29 is 4.79 Å². The van der Waals surface area contributed by atoms with Gasteiger partial charge in [0.2, 0.25) is 0 Å². The molecule has 1 atom stereocenters. The van der Waals surface area contributed by atoms with E-state index in [-0.39, 0.29) is 17.9 Å². The Kier molecular flexibility index (Phi) is 4.90. The van der Waals surface area contributed by atoms with E-state index in [1.165, 1.54) is 0 Å². The second-order valence-electron chi connectivity index (χ2n) is 5.59. The molecule has 1 N–H and O–H groups in total. The second kappa shape index (κ2) is 6.86. The van der Waals surface area contributed by atoms with E-state index >= 15 is 0 Å². The normalized spacial score (nSPS) is 11.8. The first kappa shape index (κ1) is 15.7. The van der Waals surface area contributed by atoms with Crippen LogP contribution in [0.15, 0.2) is 42.6 Å². The van der Waals surface area contributed by atoms with Crippen molar-refractivity contribution in [3.63, 3.8) is 0 Å². The predicted molar refractivity (Wildman–Crippen MR) is 85.2 cm³/mol. The minimum absolute atomic E-state index is 0.167. The van der Waals surface area contributed by atoms with Crippen molar-refractivity contribution in [2.75, 3.05) is 0 Å². The van der Waals surface area contributed by atoms with Gasteiger partial charge in [-0.25, -0.2) is 0 Å². The fourth-order valence-corrected chi connectivity index (χ4v) is 2.33. The van der Waals surface area contributed by atoms with Gasteiger partial charge in [-0.05, 0) is 42.7 Å². The maximum absolute atomic E-state index is 12.5. The van der Waals surface area contributed by atoms with E-state index in [9.17, 15) is 4.79 Å². The average Bonchev–Trinajstić information content (AvgIpc) is 2.53. The number of amides is 1. The Morgan fingerprint density at radius 2 is 2.05 bits per heavy atom. The maximum Gasteiger partial charge on any atom is 0.251 e. The summed E-state index contributed by atoms with van der Waals surface area (Å²) in [6, 6.07) is 12.4. The third-order valence-corrected chi connectivity index (χ3v) is 3.55. The number of pyridine rings is 1. The summed E-state index contributed by atoms with van der Waals surface area (Å²) in [7, 11) is 0. The third-order valence-electron chi connectivity index (χ3n) is 3.55. The van der Waals surface area contributed by atoms with Crippen LogP contribution in [0.4, 0.5) is 0 Å². The molecule has 1 aromatic heterocycles. The highest BCUT2D eigenvalue weighted by molar-refractivity contribution is 5.94. The van der Waals surface area contributed by atoms with Gasteiger partial charge in [-0.2, -0.15) is 5.26 Å². The number of hydrogen-bond acceptors (Lipinski definition) is 3. The molecular formula is C18H19N3O. The highest BCUT2D eigenvalue weighted by Crippen LogP contribution is 2.23. The Morgan fingerprint density at radius 1 is 1.27 bits per heavy atom. The Hall–Kier alpha value is -2.67. The number of benzene rings is 1. The lowest BCUT2D eigenvalue weighted by molar-refractivity contribution is 0.0924. The van der Waals surface area contributed by atoms with Gasteiger partial charge in [0.25, 0.3) is 5.91 Å². The number of hydrogen-bond donors (Lipinski definition) is 1. The molecule has 1 unspecified atom stereocenters. The summed E-state index contributed by atoms with van der Waals surface area (Å²) in [5, 5.41) is 12.0. The van der Waals surface area contributed by atoms with Crippen LogP contribution in [-0.4, -0.2) is 10.9 Å². The molecule has 0 aliphatic carbocycles. The summed E-state index contributed by atoms with van der Waals surface area (Å²) in [6.07, 6.45) is 1.74. The predicted octanol–water partition coefficient (Wildman–Crippen LogP) is 3.39. The summed E-state index contributed by atoms with van der Waals surface area (Å²) in [6.45, 7) is 6.08. The number of nitriles is 1. The fourth-order valence-electron chi connectivity index (χ4n) is 2.33. The van der Waals surface area contributed by atoms with Crippen molar-refractivity contribution in [3.05, 3.63) is 65.0 Å². The zero-order valence-electron chi connectivity index (χ0n) is 13.0. The van der Waals surface area contributed by atoms with Crippen molar-refractivity contribution in [2.24, 2.45) is 5.92 Å². The summed E-state index contributed by atoms with van der Waals surface area (Å²) in [5.41, 5.74) is 2.88. The van der Waals surface area contributed by atoms with Crippen molar-refractivity contribution >= 4 is 5.91 Å². The van der Waals surface area contributed by atoms with Gasteiger partial charge in [-0.15, -0.1) is 0 Å². The van der Waals surface area contributed by atoms with Crippen LogP contribution in [0, 0.1) is 24.2 Å². The number of carbonyl (C=O) groups is 1. The number of aromatic nitrogens is 1. The number of nitrogens with one attached hydrogen (secondary N) is 1.